The third kappa shape index (κ3) is 2.10. The van der Waals surface area contributed by atoms with E-state index in [4.69, 9.17) is 5.11 Å². The molecule has 1 rings (SSSR count). The van der Waals surface area contributed by atoms with Crippen molar-refractivity contribution in [2.75, 3.05) is 0 Å². The van der Waals surface area contributed by atoms with Crippen molar-refractivity contribution in [3.8, 4) is 0 Å². The van der Waals surface area contributed by atoms with Gasteiger partial charge in [-0.1, -0.05) is 15.9 Å². The third-order valence-electron chi connectivity index (χ3n) is 1.73. The molecule has 76 valence electrons. The number of aliphatic carboxylic acids is 1. The molecule has 0 aliphatic carbocycles. The molecular formula is C9H8BrFO3. The van der Waals surface area contributed by atoms with Gasteiger partial charge in [0.1, 0.15) is 5.82 Å². The fourth-order valence-electron chi connectivity index (χ4n) is 1.10. The Morgan fingerprint density at radius 2 is 2.14 bits per heavy atom. The highest BCUT2D eigenvalue weighted by Gasteiger charge is 2.22. The number of halogens is 2. The molecule has 0 aromatic heterocycles. The van der Waals surface area contributed by atoms with Crippen LogP contribution in [0.15, 0.2) is 16.6 Å². The van der Waals surface area contributed by atoms with Gasteiger partial charge in [-0.15, -0.1) is 0 Å². The van der Waals surface area contributed by atoms with Crippen molar-refractivity contribution in [1.82, 2.24) is 0 Å². The lowest BCUT2D eigenvalue weighted by atomic mass is 10.1. The monoisotopic (exact) mass is 262 g/mol. The molecule has 0 bridgehead atoms. The number of carbonyl (C=O) groups is 1. The molecule has 5 heteroatoms. The Labute approximate surface area is 88.3 Å². The lowest BCUT2D eigenvalue weighted by molar-refractivity contribution is -0.147. The summed E-state index contributed by atoms with van der Waals surface area (Å²) in [6.45, 7) is 1.67. The highest BCUT2D eigenvalue weighted by Crippen LogP contribution is 2.27. The zero-order valence-electron chi connectivity index (χ0n) is 7.29. The van der Waals surface area contributed by atoms with Crippen LogP contribution in [-0.4, -0.2) is 16.2 Å². The fourth-order valence-corrected chi connectivity index (χ4v) is 1.86. The van der Waals surface area contributed by atoms with Crippen LogP contribution >= 0.6 is 15.9 Å². The van der Waals surface area contributed by atoms with E-state index >= 15 is 0 Å². The van der Waals surface area contributed by atoms with Gasteiger partial charge in [0.25, 0.3) is 0 Å². The fraction of sp³-hybridized carbons (Fsp3) is 0.222. The summed E-state index contributed by atoms with van der Waals surface area (Å²) in [4.78, 5) is 10.5. The van der Waals surface area contributed by atoms with Gasteiger partial charge in [-0.25, -0.2) is 9.18 Å². The number of benzene rings is 1. The zero-order valence-corrected chi connectivity index (χ0v) is 8.88. The zero-order chi connectivity index (χ0) is 10.9. The van der Waals surface area contributed by atoms with Crippen LogP contribution < -0.4 is 0 Å². The molecule has 0 heterocycles. The first-order chi connectivity index (χ1) is 6.43. The quantitative estimate of drug-likeness (QED) is 0.858. The summed E-state index contributed by atoms with van der Waals surface area (Å²) in [5.41, 5.74) is 0.402. The van der Waals surface area contributed by atoms with Crippen molar-refractivity contribution in [2.45, 2.75) is 13.0 Å². The number of carboxylic acid groups (broad SMARTS) is 1. The molecule has 0 aliphatic rings. The van der Waals surface area contributed by atoms with Crippen LogP contribution in [0.2, 0.25) is 0 Å². The summed E-state index contributed by atoms with van der Waals surface area (Å²) >= 11 is 3.00. The molecule has 3 nitrogen and oxygen atoms in total. The smallest absolute Gasteiger partial charge is 0.337 e. The molecule has 0 saturated carbocycles. The Hall–Kier alpha value is -0.940. The Balaban J connectivity index is 3.27. The van der Waals surface area contributed by atoms with E-state index < -0.39 is 17.9 Å². The largest absolute Gasteiger partial charge is 0.479 e. The van der Waals surface area contributed by atoms with E-state index in [2.05, 4.69) is 15.9 Å². The van der Waals surface area contributed by atoms with Crippen molar-refractivity contribution in [1.29, 1.82) is 0 Å². The van der Waals surface area contributed by atoms with Gasteiger partial charge in [-0.3, -0.25) is 0 Å². The molecule has 1 aromatic rings. The number of rotatable bonds is 2. The molecule has 1 atom stereocenters. The highest BCUT2D eigenvalue weighted by atomic mass is 79.9. The summed E-state index contributed by atoms with van der Waals surface area (Å²) < 4.78 is 13.5. The van der Waals surface area contributed by atoms with Crippen molar-refractivity contribution in [2.24, 2.45) is 0 Å². The van der Waals surface area contributed by atoms with Crippen LogP contribution in [-0.2, 0) is 4.79 Å². The van der Waals surface area contributed by atoms with E-state index in [0.29, 0.717) is 5.56 Å². The normalized spacial score (nSPS) is 12.6. The third-order valence-corrected chi connectivity index (χ3v) is 2.39. The number of aliphatic hydroxyl groups is 1. The second-order valence-corrected chi connectivity index (χ2v) is 3.74. The summed E-state index contributed by atoms with van der Waals surface area (Å²) in [6.07, 6.45) is -1.84. The molecule has 0 saturated heterocycles. The van der Waals surface area contributed by atoms with Gasteiger partial charge >= 0.3 is 5.97 Å². The minimum atomic E-state index is -1.84. The highest BCUT2D eigenvalue weighted by molar-refractivity contribution is 9.10. The molecule has 0 amide bonds. The summed E-state index contributed by atoms with van der Waals surface area (Å²) in [5, 5.41) is 17.7. The lowest BCUT2D eigenvalue weighted by Gasteiger charge is -2.10. The summed E-state index contributed by atoms with van der Waals surface area (Å²) in [6, 6.07) is 2.72. The number of carboxylic acids is 1. The van der Waals surface area contributed by atoms with Crippen molar-refractivity contribution >= 4 is 21.9 Å². The van der Waals surface area contributed by atoms with E-state index in [1.807, 2.05) is 0 Å². The van der Waals surface area contributed by atoms with E-state index in [0.717, 1.165) is 0 Å². The maximum atomic E-state index is 13.3. The summed E-state index contributed by atoms with van der Waals surface area (Å²) in [7, 11) is 0. The molecule has 0 aliphatic heterocycles. The predicted molar refractivity (Wildman–Crippen MR) is 51.4 cm³/mol. The van der Waals surface area contributed by atoms with Gasteiger partial charge < -0.3 is 10.2 Å². The maximum Gasteiger partial charge on any atom is 0.337 e. The molecule has 0 radical (unpaired) electrons. The van der Waals surface area contributed by atoms with Crippen molar-refractivity contribution in [3.63, 3.8) is 0 Å². The maximum absolute atomic E-state index is 13.3. The standard InChI is InChI=1S/C9H8BrFO3/c1-4-2-5(10)7(6(11)3-4)8(12)9(13)14/h2-3,8,12H,1H3,(H,13,14). The van der Waals surface area contributed by atoms with Gasteiger partial charge in [0.2, 0.25) is 0 Å². The topological polar surface area (TPSA) is 57.5 Å². The predicted octanol–water partition coefficient (Wildman–Crippen LogP) is 2.01. The van der Waals surface area contributed by atoms with Crippen LogP contribution in [0.3, 0.4) is 0 Å². The molecule has 1 aromatic carbocycles. The van der Waals surface area contributed by atoms with Gasteiger partial charge in [-0.05, 0) is 24.6 Å². The SMILES string of the molecule is Cc1cc(F)c(C(O)C(=O)O)c(Br)c1. The Bertz CT molecular complexity index is 355. The first kappa shape index (κ1) is 11.1. The second kappa shape index (κ2) is 4.06. The average Bonchev–Trinajstić information content (AvgIpc) is 2.01. The lowest BCUT2D eigenvalue weighted by Crippen LogP contribution is -2.13. The van der Waals surface area contributed by atoms with Crippen LogP contribution in [0.25, 0.3) is 0 Å². The van der Waals surface area contributed by atoms with Crippen LogP contribution in [0.5, 0.6) is 0 Å². The van der Waals surface area contributed by atoms with Gasteiger partial charge in [0.05, 0.1) is 0 Å². The van der Waals surface area contributed by atoms with Crippen molar-refractivity contribution < 1.29 is 19.4 Å². The van der Waals surface area contributed by atoms with Crippen LogP contribution in [0.4, 0.5) is 4.39 Å². The molecule has 1 unspecified atom stereocenters. The minimum Gasteiger partial charge on any atom is -0.479 e. The Morgan fingerprint density at radius 3 is 2.57 bits per heavy atom. The number of hydrogen-bond donors (Lipinski definition) is 2. The number of aryl methyl sites for hydroxylation is 1. The molecule has 0 spiro atoms. The average molecular weight is 263 g/mol. The molecule has 14 heavy (non-hydrogen) atoms. The van der Waals surface area contributed by atoms with Gasteiger partial charge in [0, 0.05) is 10.0 Å². The van der Waals surface area contributed by atoms with Gasteiger partial charge in [0.15, 0.2) is 6.10 Å². The Morgan fingerprint density at radius 1 is 1.57 bits per heavy atom. The first-order valence-corrected chi connectivity index (χ1v) is 4.59. The van der Waals surface area contributed by atoms with Crippen LogP contribution in [0.1, 0.15) is 17.2 Å². The van der Waals surface area contributed by atoms with E-state index in [9.17, 15) is 14.3 Å². The van der Waals surface area contributed by atoms with E-state index in [1.165, 1.54) is 6.07 Å². The number of aliphatic hydroxyl groups excluding tert-OH is 1. The molecule has 0 fully saturated rings. The van der Waals surface area contributed by atoms with Gasteiger partial charge in [-0.2, -0.15) is 0 Å². The van der Waals surface area contributed by atoms with E-state index in [1.54, 1.807) is 13.0 Å². The number of hydrogen-bond acceptors (Lipinski definition) is 2. The minimum absolute atomic E-state index is 0.247. The second-order valence-electron chi connectivity index (χ2n) is 2.88. The Kier molecular flexibility index (Phi) is 3.23. The van der Waals surface area contributed by atoms with E-state index in [-0.39, 0.29) is 10.0 Å². The first-order valence-electron chi connectivity index (χ1n) is 3.80. The molecule has 2 N–H and O–H groups in total. The van der Waals surface area contributed by atoms with Crippen LogP contribution in [0, 0.1) is 12.7 Å². The summed E-state index contributed by atoms with van der Waals surface area (Å²) in [5.74, 6) is -2.21. The molecular weight excluding hydrogens is 255 g/mol. The van der Waals surface area contributed by atoms with Crippen molar-refractivity contribution in [3.05, 3.63) is 33.5 Å².